The molecule has 21 N–H and O–H groups in total. The van der Waals surface area contributed by atoms with Crippen molar-refractivity contribution in [3.8, 4) is 0 Å². The summed E-state index contributed by atoms with van der Waals surface area (Å²) in [5, 5.41) is 56.5. The van der Waals surface area contributed by atoms with Crippen LogP contribution in [0.1, 0.15) is 126 Å². The van der Waals surface area contributed by atoms with E-state index in [9.17, 15) is 63.3 Å². The lowest BCUT2D eigenvalue weighted by Gasteiger charge is -2.29. The van der Waals surface area contributed by atoms with Crippen LogP contribution in [-0.2, 0) is 47.9 Å². The summed E-state index contributed by atoms with van der Waals surface area (Å²) in [5.41, 5.74) is 23.1. The Bertz CT molecular complexity index is 1890. The van der Waals surface area contributed by atoms with Crippen molar-refractivity contribution in [2.75, 3.05) is 32.7 Å². The SMILES string of the molecule is CCNC(=O)[C@@H](NC(=O)[C@H](CCN)NC(=O)[C@H](CCN)NC(=O)[C@H](CC(C)C)NC(=O)[C@@H](CC(C)C)NC(=O)[C@H](CCN)NC(=O)[C@H](C)NC(=O)[C@H](CCN)NC(=O)[C@@H](NC(=O)C(O)C1CCCCC1)C(C)O)C(C)O. The largest absolute Gasteiger partial charge is 0.391 e. The fourth-order valence-electron chi connectivity index (χ4n) is 8.43. The lowest BCUT2D eigenvalue weighted by molar-refractivity contribution is -0.139. The van der Waals surface area contributed by atoms with E-state index in [0.717, 1.165) is 19.3 Å². The molecule has 0 radical (unpaired) electrons. The van der Waals surface area contributed by atoms with Crippen molar-refractivity contribution in [1.82, 2.24) is 53.2 Å². The van der Waals surface area contributed by atoms with Gasteiger partial charge in [0, 0.05) is 6.54 Å². The predicted octanol–water partition coefficient (Wildman–Crippen LogP) is -5.30. The van der Waals surface area contributed by atoms with Gasteiger partial charge in [0.25, 0.3) is 0 Å². The van der Waals surface area contributed by atoms with Crippen molar-refractivity contribution >= 4 is 59.1 Å². The quantitative estimate of drug-likeness (QED) is 0.0282. The number of hydrogen-bond donors (Lipinski definition) is 17. The van der Waals surface area contributed by atoms with E-state index in [4.69, 9.17) is 22.9 Å². The van der Waals surface area contributed by atoms with Gasteiger partial charge in [0.1, 0.15) is 60.5 Å². The Labute approximate surface area is 446 Å². The van der Waals surface area contributed by atoms with Crippen molar-refractivity contribution in [3.05, 3.63) is 0 Å². The number of likely N-dealkylation sites (N-methyl/N-ethyl adjacent to an activating group) is 1. The highest BCUT2D eigenvalue weighted by Gasteiger charge is 2.37. The molecule has 10 amide bonds. The van der Waals surface area contributed by atoms with E-state index in [0.29, 0.717) is 12.8 Å². The Morgan fingerprint density at radius 2 is 0.724 bits per heavy atom. The number of nitrogens with two attached hydrogens (primary N) is 4. The molecule has 0 aromatic rings. The maximum absolute atomic E-state index is 14.1. The number of amides is 10. The van der Waals surface area contributed by atoms with Crippen molar-refractivity contribution in [2.24, 2.45) is 40.7 Å². The van der Waals surface area contributed by atoms with E-state index in [1.165, 1.54) is 20.8 Å². The minimum Gasteiger partial charge on any atom is -0.391 e. The number of carbonyl (C=O) groups is 10. The van der Waals surface area contributed by atoms with Crippen LogP contribution in [0.25, 0.3) is 0 Å². The van der Waals surface area contributed by atoms with Crippen LogP contribution in [0.4, 0.5) is 0 Å². The number of carbonyl (C=O) groups excluding carboxylic acids is 10. The second kappa shape index (κ2) is 35.7. The number of aliphatic hydroxyl groups is 3. The van der Waals surface area contributed by atoms with E-state index in [1.807, 2.05) is 0 Å². The van der Waals surface area contributed by atoms with E-state index < -0.39 is 132 Å². The predicted molar refractivity (Wildman–Crippen MR) is 281 cm³/mol. The molecule has 27 nitrogen and oxygen atoms in total. The summed E-state index contributed by atoms with van der Waals surface area (Å²) in [5.74, 6) is -8.85. The average Bonchev–Trinajstić information content (AvgIpc) is 3.35. The van der Waals surface area contributed by atoms with Crippen molar-refractivity contribution in [1.29, 1.82) is 0 Å². The van der Waals surface area contributed by atoms with Gasteiger partial charge in [-0.3, -0.25) is 47.9 Å². The van der Waals surface area contributed by atoms with Crippen LogP contribution in [0.15, 0.2) is 0 Å². The Hall–Kier alpha value is -5.58. The van der Waals surface area contributed by atoms with Gasteiger partial charge in [0.15, 0.2) is 0 Å². The van der Waals surface area contributed by atoms with Gasteiger partial charge in [0.05, 0.1) is 12.2 Å². The number of hydrogen-bond acceptors (Lipinski definition) is 17. The molecule has 1 aliphatic rings. The number of aliphatic hydroxyl groups excluding tert-OH is 3. The molecule has 1 fully saturated rings. The summed E-state index contributed by atoms with van der Waals surface area (Å²) in [6, 6.07) is -12.0. The maximum atomic E-state index is 14.1. The Morgan fingerprint density at radius 1 is 0.408 bits per heavy atom. The third kappa shape index (κ3) is 24.2. The van der Waals surface area contributed by atoms with Gasteiger partial charge in [-0.05, 0) is 123 Å². The Kier molecular flexibility index (Phi) is 32.1. The molecule has 0 spiro atoms. The van der Waals surface area contributed by atoms with E-state index in [-0.39, 0.29) is 89.0 Å². The average molecular weight is 1090 g/mol. The molecule has 1 aliphatic carbocycles. The summed E-state index contributed by atoms with van der Waals surface area (Å²) in [4.78, 5) is 135. The van der Waals surface area contributed by atoms with E-state index >= 15 is 0 Å². The highest BCUT2D eigenvalue weighted by Crippen LogP contribution is 2.26. The molecular weight excluding hydrogens is 993 g/mol. The van der Waals surface area contributed by atoms with Crippen LogP contribution in [0.3, 0.4) is 0 Å². The minimum atomic E-state index is -1.55. The summed E-state index contributed by atoms with van der Waals surface area (Å²) in [7, 11) is 0. The smallest absolute Gasteiger partial charge is 0.249 e. The molecule has 436 valence electrons. The van der Waals surface area contributed by atoms with Gasteiger partial charge in [0.2, 0.25) is 59.1 Å². The van der Waals surface area contributed by atoms with Crippen LogP contribution < -0.4 is 76.1 Å². The molecular formula is C49H92N14O13. The third-order valence-corrected chi connectivity index (χ3v) is 12.6. The normalized spacial score (nSPS) is 17.5. The maximum Gasteiger partial charge on any atom is 0.249 e. The molecule has 0 aromatic heterocycles. The first kappa shape index (κ1) is 68.4. The lowest BCUT2D eigenvalue weighted by atomic mass is 9.85. The zero-order valence-corrected chi connectivity index (χ0v) is 45.7. The number of nitrogens with one attached hydrogen (secondary N) is 10. The molecule has 76 heavy (non-hydrogen) atoms. The summed E-state index contributed by atoms with van der Waals surface area (Å²) in [6.45, 7) is 12.6. The molecule has 1 saturated carbocycles. The highest BCUT2D eigenvalue weighted by molar-refractivity contribution is 5.98. The van der Waals surface area contributed by atoms with E-state index in [1.54, 1.807) is 34.6 Å². The Balaban J connectivity index is 3.21. The van der Waals surface area contributed by atoms with Crippen LogP contribution in [-0.4, -0.2) is 180 Å². The van der Waals surface area contributed by atoms with Gasteiger partial charge in [-0.15, -0.1) is 0 Å². The molecule has 27 heteroatoms. The fourth-order valence-corrected chi connectivity index (χ4v) is 8.43. The Morgan fingerprint density at radius 3 is 1.09 bits per heavy atom. The second-order valence-corrected chi connectivity index (χ2v) is 20.4. The van der Waals surface area contributed by atoms with Gasteiger partial charge in [-0.2, -0.15) is 0 Å². The van der Waals surface area contributed by atoms with Crippen LogP contribution in [0.2, 0.25) is 0 Å². The summed E-state index contributed by atoms with van der Waals surface area (Å²) in [6.07, 6.45) is -0.478. The van der Waals surface area contributed by atoms with Crippen LogP contribution >= 0.6 is 0 Å². The molecule has 3 unspecified atom stereocenters. The topological polar surface area (TPSA) is 456 Å². The number of rotatable bonds is 35. The van der Waals surface area contributed by atoms with Gasteiger partial charge in [-0.1, -0.05) is 47.0 Å². The van der Waals surface area contributed by atoms with Crippen molar-refractivity contribution in [3.63, 3.8) is 0 Å². The first-order valence-corrected chi connectivity index (χ1v) is 26.6. The van der Waals surface area contributed by atoms with Crippen molar-refractivity contribution in [2.45, 2.75) is 199 Å². The molecule has 1 rings (SSSR count). The third-order valence-electron chi connectivity index (χ3n) is 12.6. The van der Waals surface area contributed by atoms with Gasteiger partial charge < -0.3 is 91.4 Å². The van der Waals surface area contributed by atoms with Gasteiger partial charge >= 0.3 is 0 Å². The first-order chi connectivity index (χ1) is 35.8. The molecule has 0 aromatic carbocycles. The molecule has 0 heterocycles. The highest BCUT2D eigenvalue weighted by atomic mass is 16.3. The first-order valence-electron chi connectivity index (χ1n) is 26.6. The molecule has 0 saturated heterocycles. The standard InChI is InChI=1S/C49H92N14O13/c1-9-54-47(74)37(28(7)64)62-44(71)34(18-22-53)57-42(69)33(17-21-52)58-45(72)35(23-25(2)3)61-46(73)36(24-26(4)5)60-43(70)32(16-20-51)56-40(67)27(6)55-41(68)31(15-19-50)59-48(75)38(29(8)65)63-49(76)39(66)30-13-11-10-12-14-30/h25-39,64-66H,9-24,50-53H2,1-8H3,(H,54,74)(H,55,68)(H,56,67)(H,57,69)(H,58,72)(H,59,75)(H,60,70)(H,61,73)(H,62,71)(H,63,76)/t27-,28?,29?,31-,32-,33-,34-,35-,36+,37-,38-,39?/m0/s1. The van der Waals surface area contributed by atoms with Crippen molar-refractivity contribution < 1.29 is 63.3 Å². The molecule has 0 bridgehead atoms. The summed E-state index contributed by atoms with van der Waals surface area (Å²) >= 11 is 0. The van der Waals surface area contributed by atoms with Gasteiger partial charge in [-0.25, -0.2) is 0 Å². The minimum absolute atomic E-state index is 0.0652. The van der Waals surface area contributed by atoms with Crippen LogP contribution in [0, 0.1) is 17.8 Å². The second-order valence-electron chi connectivity index (χ2n) is 20.4. The zero-order valence-electron chi connectivity index (χ0n) is 45.7. The van der Waals surface area contributed by atoms with E-state index in [2.05, 4.69) is 53.2 Å². The zero-order chi connectivity index (χ0) is 57.8. The monoisotopic (exact) mass is 1080 g/mol. The fraction of sp³-hybridized carbons (Fsp3) is 0.796. The lowest BCUT2D eigenvalue weighted by Crippen LogP contribution is -2.61. The summed E-state index contributed by atoms with van der Waals surface area (Å²) < 4.78 is 0. The van der Waals surface area contributed by atoms with Crippen LogP contribution in [0.5, 0.6) is 0 Å². The molecule has 0 aliphatic heterocycles. The molecule has 12 atom stereocenters.